The molecule has 0 fully saturated rings. The molecule has 0 unspecified atom stereocenters. The number of carbonyl (C=O) groups excluding carboxylic acids is 2. The van der Waals surface area contributed by atoms with E-state index >= 15 is 0 Å². The summed E-state index contributed by atoms with van der Waals surface area (Å²) >= 11 is 0. The van der Waals surface area contributed by atoms with Crippen LogP contribution in [0.1, 0.15) is 64.7 Å². The SMILES string of the molecule is CC(C)c1noc([C@@H](CCS(C)(=O)=O)N2C(=O)c3ccccc3C2=O)n1. The predicted octanol–water partition coefficient (Wildman–Crippen LogP) is 1.97. The molecule has 0 N–H and O–H groups in total. The molecule has 2 heterocycles. The Hall–Kier alpha value is -2.55. The van der Waals surface area contributed by atoms with E-state index in [1.807, 2.05) is 13.8 Å². The van der Waals surface area contributed by atoms with Crippen LogP contribution < -0.4 is 0 Å². The predicted molar refractivity (Wildman–Crippen MR) is 92.4 cm³/mol. The molecule has 8 nitrogen and oxygen atoms in total. The first-order valence-electron chi connectivity index (χ1n) is 8.17. The number of hydrogen-bond donors (Lipinski definition) is 0. The molecule has 2 aromatic rings. The van der Waals surface area contributed by atoms with Gasteiger partial charge in [-0.1, -0.05) is 31.1 Å². The van der Waals surface area contributed by atoms with Crippen molar-refractivity contribution in [2.75, 3.05) is 12.0 Å². The van der Waals surface area contributed by atoms with Gasteiger partial charge in [0.25, 0.3) is 11.8 Å². The van der Waals surface area contributed by atoms with Crippen molar-refractivity contribution in [3.05, 3.63) is 47.1 Å². The van der Waals surface area contributed by atoms with Crippen LogP contribution in [0.3, 0.4) is 0 Å². The smallest absolute Gasteiger partial charge is 0.262 e. The number of hydrogen-bond acceptors (Lipinski definition) is 7. The minimum Gasteiger partial charge on any atom is -0.337 e. The Morgan fingerprint density at radius 1 is 1.12 bits per heavy atom. The summed E-state index contributed by atoms with van der Waals surface area (Å²) in [4.78, 5) is 30.8. The third-order valence-corrected chi connectivity index (χ3v) is 5.14. The second-order valence-corrected chi connectivity index (χ2v) is 8.87. The van der Waals surface area contributed by atoms with E-state index in [2.05, 4.69) is 10.1 Å². The van der Waals surface area contributed by atoms with Crippen molar-refractivity contribution in [1.82, 2.24) is 15.0 Å². The molecule has 0 saturated carbocycles. The molecule has 0 aliphatic carbocycles. The second-order valence-electron chi connectivity index (χ2n) is 6.61. The Bertz CT molecular complexity index is 929. The van der Waals surface area contributed by atoms with E-state index in [0.717, 1.165) is 11.2 Å². The summed E-state index contributed by atoms with van der Waals surface area (Å²) in [5.74, 6) is -0.718. The Kier molecular flexibility index (Phi) is 4.66. The highest BCUT2D eigenvalue weighted by molar-refractivity contribution is 7.90. The third kappa shape index (κ3) is 3.39. The molecule has 26 heavy (non-hydrogen) atoms. The van der Waals surface area contributed by atoms with Gasteiger partial charge in [0.15, 0.2) is 5.82 Å². The molecule has 0 saturated heterocycles. The Balaban J connectivity index is 2.00. The quantitative estimate of drug-likeness (QED) is 0.708. The number of aromatic nitrogens is 2. The van der Waals surface area contributed by atoms with Gasteiger partial charge in [-0.25, -0.2) is 8.42 Å². The van der Waals surface area contributed by atoms with Gasteiger partial charge in [0.1, 0.15) is 15.9 Å². The van der Waals surface area contributed by atoms with E-state index in [1.54, 1.807) is 24.3 Å². The van der Waals surface area contributed by atoms with Crippen molar-refractivity contribution in [3.63, 3.8) is 0 Å². The van der Waals surface area contributed by atoms with E-state index in [0.29, 0.717) is 5.82 Å². The largest absolute Gasteiger partial charge is 0.337 e. The second kappa shape index (κ2) is 6.64. The number of benzene rings is 1. The van der Waals surface area contributed by atoms with Crippen molar-refractivity contribution in [1.29, 1.82) is 0 Å². The molecule has 3 rings (SSSR count). The van der Waals surface area contributed by atoms with Gasteiger partial charge in [-0.15, -0.1) is 0 Å². The van der Waals surface area contributed by atoms with Crippen LogP contribution in [0.25, 0.3) is 0 Å². The van der Waals surface area contributed by atoms with Crippen LogP contribution in [-0.4, -0.2) is 47.3 Å². The molecule has 1 aromatic carbocycles. The number of sulfone groups is 1. The van der Waals surface area contributed by atoms with E-state index < -0.39 is 27.7 Å². The van der Waals surface area contributed by atoms with Crippen LogP contribution in [0.2, 0.25) is 0 Å². The van der Waals surface area contributed by atoms with Crippen LogP contribution in [0, 0.1) is 0 Å². The number of amides is 2. The standard InChI is InChI=1S/C17H19N3O5S/c1-10(2)14-18-15(25-19-14)13(8-9-26(3,23)24)20-16(21)11-6-4-5-7-12(11)17(20)22/h4-7,10,13H,8-9H2,1-3H3/t13-/m1/s1. The topological polar surface area (TPSA) is 110 Å². The van der Waals surface area contributed by atoms with Crippen LogP contribution >= 0.6 is 0 Å². The Morgan fingerprint density at radius 2 is 1.69 bits per heavy atom. The highest BCUT2D eigenvalue weighted by Crippen LogP contribution is 2.33. The molecule has 1 aromatic heterocycles. The first-order chi connectivity index (χ1) is 12.2. The first kappa shape index (κ1) is 18.2. The van der Waals surface area contributed by atoms with Gasteiger partial charge in [-0.05, 0) is 18.6 Å². The van der Waals surface area contributed by atoms with Crippen molar-refractivity contribution in [3.8, 4) is 0 Å². The number of rotatable bonds is 6. The molecule has 9 heteroatoms. The summed E-state index contributed by atoms with van der Waals surface area (Å²) < 4.78 is 28.5. The van der Waals surface area contributed by atoms with E-state index in [1.165, 1.54) is 0 Å². The maximum absolute atomic E-state index is 12.8. The minimum absolute atomic E-state index is 0.00904. The fourth-order valence-electron chi connectivity index (χ4n) is 2.80. The molecule has 138 valence electrons. The van der Waals surface area contributed by atoms with Gasteiger partial charge in [-0.2, -0.15) is 4.98 Å². The van der Waals surface area contributed by atoms with Crippen LogP contribution in [0.5, 0.6) is 0 Å². The fraction of sp³-hybridized carbons (Fsp3) is 0.412. The minimum atomic E-state index is -3.31. The number of fused-ring (bicyclic) bond motifs is 1. The van der Waals surface area contributed by atoms with Crippen LogP contribution in [-0.2, 0) is 9.84 Å². The lowest BCUT2D eigenvalue weighted by atomic mass is 10.1. The zero-order valence-corrected chi connectivity index (χ0v) is 15.5. The lowest BCUT2D eigenvalue weighted by Crippen LogP contribution is -2.35. The van der Waals surface area contributed by atoms with Gasteiger partial charge in [0.05, 0.1) is 16.9 Å². The zero-order valence-electron chi connectivity index (χ0n) is 14.7. The van der Waals surface area contributed by atoms with E-state index in [-0.39, 0.29) is 35.1 Å². The molecule has 2 amide bonds. The molecule has 0 bridgehead atoms. The lowest BCUT2D eigenvalue weighted by molar-refractivity contribution is 0.0547. The molecular weight excluding hydrogens is 358 g/mol. The number of carbonyl (C=O) groups is 2. The van der Waals surface area contributed by atoms with Crippen LogP contribution in [0.15, 0.2) is 28.8 Å². The monoisotopic (exact) mass is 377 g/mol. The molecule has 1 aliphatic rings. The summed E-state index contributed by atoms with van der Waals surface area (Å²) in [7, 11) is -3.31. The summed E-state index contributed by atoms with van der Waals surface area (Å²) in [5, 5.41) is 3.87. The summed E-state index contributed by atoms with van der Waals surface area (Å²) in [6.07, 6.45) is 1.09. The van der Waals surface area contributed by atoms with Gasteiger partial charge in [0, 0.05) is 12.2 Å². The number of nitrogens with zero attached hydrogens (tertiary/aromatic N) is 3. The Labute approximate surface area is 151 Å². The maximum atomic E-state index is 12.8. The molecule has 0 spiro atoms. The van der Waals surface area contributed by atoms with E-state index in [4.69, 9.17) is 4.52 Å². The Morgan fingerprint density at radius 3 is 2.15 bits per heavy atom. The highest BCUT2D eigenvalue weighted by Gasteiger charge is 2.42. The normalized spacial score (nSPS) is 15.6. The molecular formula is C17H19N3O5S. The van der Waals surface area contributed by atoms with Gasteiger partial charge < -0.3 is 4.52 Å². The first-order valence-corrected chi connectivity index (χ1v) is 10.2. The van der Waals surface area contributed by atoms with Crippen molar-refractivity contribution >= 4 is 21.7 Å². The summed E-state index contributed by atoms with van der Waals surface area (Å²) in [5.41, 5.74) is 0.566. The highest BCUT2D eigenvalue weighted by atomic mass is 32.2. The van der Waals surface area contributed by atoms with Crippen molar-refractivity contribution in [2.45, 2.75) is 32.2 Å². The summed E-state index contributed by atoms with van der Waals surface area (Å²) in [6, 6.07) is 5.54. The third-order valence-electron chi connectivity index (χ3n) is 4.16. The van der Waals surface area contributed by atoms with Gasteiger partial charge >= 0.3 is 0 Å². The van der Waals surface area contributed by atoms with Crippen molar-refractivity contribution in [2.24, 2.45) is 0 Å². The molecule has 1 aliphatic heterocycles. The molecule has 1 atom stereocenters. The number of imide groups is 1. The molecule has 0 radical (unpaired) electrons. The van der Waals surface area contributed by atoms with Crippen LogP contribution in [0.4, 0.5) is 0 Å². The zero-order chi connectivity index (χ0) is 19.1. The average molecular weight is 377 g/mol. The summed E-state index contributed by atoms with van der Waals surface area (Å²) in [6.45, 7) is 3.75. The average Bonchev–Trinajstić information content (AvgIpc) is 3.14. The lowest BCUT2D eigenvalue weighted by Gasteiger charge is -2.22. The van der Waals surface area contributed by atoms with Gasteiger partial charge in [0.2, 0.25) is 5.89 Å². The van der Waals surface area contributed by atoms with Gasteiger partial charge in [-0.3, -0.25) is 14.5 Å². The maximum Gasteiger partial charge on any atom is 0.262 e. The fourth-order valence-corrected chi connectivity index (χ4v) is 3.45. The van der Waals surface area contributed by atoms with Crippen molar-refractivity contribution < 1.29 is 22.5 Å². The van der Waals surface area contributed by atoms with E-state index in [9.17, 15) is 18.0 Å².